The van der Waals surface area contributed by atoms with Gasteiger partial charge in [-0.25, -0.2) is 4.79 Å². The highest BCUT2D eigenvalue weighted by atomic mass is 16.4. The molecule has 2 aromatic carbocycles. The number of nitrogens with zero attached hydrogens (tertiary/aromatic N) is 3. The van der Waals surface area contributed by atoms with Gasteiger partial charge in [0.2, 0.25) is 12.3 Å². The second kappa shape index (κ2) is 5.00. The molecule has 0 saturated heterocycles. The van der Waals surface area contributed by atoms with Gasteiger partial charge >= 0.3 is 5.69 Å². The van der Waals surface area contributed by atoms with Crippen molar-refractivity contribution in [1.29, 1.82) is 0 Å². The fourth-order valence-electron chi connectivity index (χ4n) is 2.55. The molecule has 0 aliphatic carbocycles. The van der Waals surface area contributed by atoms with E-state index in [1.807, 2.05) is 48.5 Å². The van der Waals surface area contributed by atoms with Gasteiger partial charge in [0.05, 0.1) is 17.6 Å². The number of aromatic amines is 1. The van der Waals surface area contributed by atoms with Crippen molar-refractivity contribution in [3.8, 4) is 11.5 Å². The summed E-state index contributed by atoms with van der Waals surface area (Å²) in [5.74, 6) is 0.466. The highest BCUT2D eigenvalue weighted by molar-refractivity contribution is 5.75. The monoisotopic (exact) mass is 292 g/mol. The Labute approximate surface area is 125 Å². The van der Waals surface area contributed by atoms with Crippen LogP contribution in [0.3, 0.4) is 0 Å². The standard InChI is InChI=1S/C16H12N4O2/c21-16-18-13-6-1-2-7-14(13)20(16)9-11-4-3-5-12(8-11)15-19-17-10-22-15/h1-8,10H,9H2,(H,18,21). The van der Waals surface area contributed by atoms with Crippen molar-refractivity contribution < 1.29 is 4.42 Å². The van der Waals surface area contributed by atoms with E-state index >= 15 is 0 Å². The normalized spacial score (nSPS) is 11.1. The minimum absolute atomic E-state index is 0.121. The molecule has 4 rings (SSSR count). The van der Waals surface area contributed by atoms with Crippen LogP contribution in [0.2, 0.25) is 0 Å². The van der Waals surface area contributed by atoms with Crippen LogP contribution < -0.4 is 5.69 Å². The number of H-pyrrole nitrogens is 1. The lowest BCUT2D eigenvalue weighted by Gasteiger charge is -2.05. The summed E-state index contributed by atoms with van der Waals surface area (Å²) in [4.78, 5) is 15.0. The van der Waals surface area contributed by atoms with E-state index in [1.165, 1.54) is 6.39 Å². The van der Waals surface area contributed by atoms with E-state index in [-0.39, 0.29) is 5.69 Å². The lowest BCUT2D eigenvalue weighted by molar-refractivity contribution is 0.568. The van der Waals surface area contributed by atoms with Crippen LogP contribution in [0.1, 0.15) is 5.56 Å². The third-order valence-corrected chi connectivity index (χ3v) is 3.56. The molecule has 22 heavy (non-hydrogen) atoms. The first kappa shape index (κ1) is 12.6. The molecule has 0 fully saturated rings. The minimum Gasteiger partial charge on any atom is -0.423 e. The Balaban J connectivity index is 1.76. The largest absolute Gasteiger partial charge is 0.423 e. The Kier molecular flexibility index (Phi) is 2.86. The van der Waals surface area contributed by atoms with E-state index in [0.29, 0.717) is 12.4 Å². The molecule has 4 aromatic rings. The maximum absolute atomic E-state index is 12.1. The summed E-state index contributed by atoms with van der Waals surface area (Å²) >= 11 is 0. The van der Waals surface area contributed by atoms with Crippen molar-refractivity contribution in [3.63, 3.8) is 0 Å². The molecule has 6 heteroatoms. The first-order valence-electron chi connectivity index (χ1n) is 6.84. The van der Waals surface area contributed by atoms with Gasteiger partial charge in [-0.3, -0.25) is 4.57 Å². The Bertz CT molecular complexity index is 983. The average molecular weight is 292 g/mol. The summed E-state index contributed by atoms with van der Waals surface area (Å²) in [5, 5.41) is 7.58. The van der Waals surface area contributed by atoms with E-state index in [0.717, 1.165) is 22.2 Å². The molecule has 0 saturated carbocycles. The number of benzene rings is 2. The zero-order valence-corrected chi connectivity index (χ0v) is 11.6. The van der Waals surface area contributed by atoms with Crippen molar-refractivity contribution in [2.24, 2.45) is 0 Å². The number of imidazole rings is 1. The first-order chi connectivity index (χ1) is 10.8. The quantitative estimate of drug-likeness (QED) is 0.629. The second-order valence-corrected chi connectivity index (χ2v) is 4.98. The maximum atomic E-state index is 12.1. The summed E-state index contributed by atoms with van der Waals surface area (Å²) < 4.78 is 6.92. The summed E-state index contributed by atoms with van der Waals surface area (Å²) in [6.07, 6.45) is 1.30. The van der Waals surface area contributed by atoms with E-state index in [1.54, 1.807) is 4.57 Å². The van der Waals surface area contributed by atoms with E-state index in [4.69, 9.17) is 4.42 Å². The van der Waals surface area contributed by atoms with Crippen molar-refractivity contribution in [3.05, 3.63) is 71.0 Å². The maximum Gasteiger partial charge on any atom is 0.326 e. The van der Waals surface area contributed by atoms with Gasteiger partial charge < -0.3 is 9.40 Å². The van der Waals surface area contributed by atoms with Crippen LogP contribution >= 0.6 is 0 Å². The van der Waals surface area contributed by atoms with Crippen molar-refractivity contribution in [1.82, 2.24) is 19.7 Å². The lowest BCUT2D eigenvalue weighted by Crippen LogP contribution is -2.17. The topological polar surface area (TPSA) is 76.7 Å². The molecule has 0 aliphatic rings. The lowest BCUT2D eigenvalue weighted by atomic mass is 10.1. The van der Waals surface area contributed by atoms with Gasteiger partial charge in [-0.05, 0) is 29.8 Å². The molecule has 2 heterocycles. The van der Waals surface area contributed by atoms with Gasteiger partial charge in [-0.15, -0.1) is 10.2 Å². The van der Waals surface area contributed by atoms with Gasteiger partial charge in [0.1, 0.15) is 0 Å². The van der Waals surface area contributed by atoms with Crippen molar-refractivity contribution >= 4 is 11.0 Å². The van der Waals surface area contributed by atoms with Gasteiger partial charge in [-0.1, -0.05) is 24.3 Å². The van der Waals surface area contributed by atoms with Gasteiger partial charge in [0.25, 0.3) is 0 Å². The van der Waals surface area contributed by atoms with Crippen LogP contribution in [0.25, 0.3) is 22.5 Å². The van der Waals surface area contributed by atoms with Crippen molar-refractivity contribution in [2.75, 3.05) is 0 Å². The molecule has 0 amide bonds. The third kappa shape index (κ3) is 2.10. The smallest absolute Gasteiger partial charge is 0.326 e. The fraction of sp³-hybridized carbons (Fsp3) is 0.0625. The molecule has 2 aromatic heterocycles. The first-order valence-corrected chi connectivity index (χ1v) is 6.84. The molecular formula is C16H12N4O2. The molecule has 108 valence electrons. The van der Waals surface area contributed by atoms with Crippen LogP contribution in [0.5, 0.6) is 0 Å². The Morgan fingerprint density at radius 2 is 2.05 bits per heavy atom. The highest BCUT2D eigenvalue weighted by Crippen LogP contribution is 2.19. The Morgan fingerprint density at radius 1 is 1.14 bits per heavy atom. The number of hydrogen-bond acceptors (Lipinski definition) is 4. The average Bonchev–Trinajstić information content (AvgIpc) is 3.17. The van der Waals surface area contributed by atoms with Crippen molar-refractivity contribution in [2.45, 2.75) is 6.54 Å². The summed E-state index contributed by atoms with van der Waals surface area (Å²) in [6.45, 7) is 0.477. The van der Waals surface area contributed by atoms with Crippen LogP contribution in [0.15, 0.2) is 64.1 Å². The predicted molar refractivity (Wildman–Crippen MR) is 81.4 cm³/mol. The van der Waals surface area contributed by atoms with E-state index in [9.17, 15) is 4.79 Å². The van der Waals surface area contributed by atoms with Gasteiger partial charge in [-0.2, -0.15) is 0 Å². The van der Waals surface area contributed by atoms with E-state index in [2.05, 4.69) is 15.2 Å². The molecule has 1 N–H and O–H groups in total. The molecule has 0 bridgehead atoms. The number of rotatable bonds is 3. The predicted octanol–water partition coefficient (Wildman–Crippen LogP) is 2.43. The number of hydrogen-bond donors (Lipinski definition) is 1. The van der Waals surface area contributed by atoms with Gasteiger partial charge in [0.15, 0.2) is 0 Å². The number of para-hydroxylation sites is 2. The molecule has 0 spiro atoms. The molecule has 0 aliphatic heterocycles. The summed E-state index contributed by atoms with van der Waals surface area (Å²) in [7, 11) is 0. The number of fused-ring (bicyclic) bond motifs is 1. The van der Waals surface area contributed by atoms with Crippen LogP contribution in [-0.4, -0.2) is 19.7 Å². The fourth-order valence-corrected chi connectivity index (χ4v) is 2.55. The second-order valence-electron chi connectivity index (χ2n) is 4.98. The summed E-state index contributed by atoms with van der Waals surface area (Å²) in [5.41, 5.74) is 3.42. The van der Waals surface area contributed by atoms with Gasteiger partial charge in [0, 0.05) is 5.56 Å². The highest BCUT2D eigenvalue weighted by Gasteiger charge is 2.08. The number of nitrogens with one attached hydrogen (secondary N) is 1. The van der Waals surface area contributed by atoms with E-state index < -0.39 is 0 Å². The van der Waals surface area contributed by atoms with Crippen LogP contribution in [-0.2, 0) is 6.54 Å². The molecule has 0 atom stereocenters. The minimum atomic E-state index is -0.121. The van der Waals surface area contributed by atoms with Crippen LogP contribution in [0, 0.1) is 0 Å². The Morgan fingerprint density at radius 3 is 2.91 bits per heavy atom. The zero-order valence-electron chi connectivity index (χ0n) is 11.6. The molecule has 6 nitrogen and oxygen atoms in total. The SMILES string of the molecule is O=c1[nH]c2ccccc2n1Cc1cccc(-c2nnco2)c1. The molecular weight excluding hydrogens is 280 g/mol. The summed E-state index contributed by atoms with van der Waals surface area (Å²) in [6, 6.07) is 15.4. The molecule has 0 unspecified atom stereocenters. The number of aromatic nitrogens is 4. The zero-order chi connectivity index (χ0) is 14.9. The molecule has 0 radical (unpaired) electrons. The third-order valence-electron chi connectivity index (χ3n) is 3.56. The Hall–Kier alpha value is -3.15. The van der Waals surface area contributed by atoms with Crippen LogP contribution in [0.4, 0.5) is 0 Å².